The Hall–Kier alpha value is -1.65. The highest BCUT2D eigenvalue weighted by molar-refractivity contribution is 7.08. The quantitative estimate of drug-likeness (QED) is 0.912. The molecular formula is C15H16N2OS. The molecule has 0 fully saturated rings. The van der Waals surface area contributed by atoms with E-state index in [0.717, 1.165) is 18.5 Å². The van der Waals surface area contributed by atoms with Gasteiger partial charge in [-0.2, -0.15) is 11.3 Å². The van der Waals surface area contributed by atoms with Crippen LogP contribution in [0.1, 0.15) is 27.5 Å². The van der Waals surface area contributed by atoms with Gasteiger partial charge in [0.1, 0.15) is 0 Å². The van der Waals surface area contributed by atoms with Crippen molar-refractivity contribution in [2.45, 2.75) is 12.5 Å². The summed E-state index contributed by atoms with van der Waals surface area (Å²) in [5, 5.41) is 3.83. The van der Waals surface area contributed by atoms with Crippen LogP contribution in [0.2, 0.25) is 0 Å². The van der Waals surface area contributed by atoms with E-state index in [4.69, 9.17) is 5.73 Å². The molecule has 19 heavy (non-hydrogen) atoms. The standard InChI is InChI=1S/C15H16N2OS/c16-9-14-13-4-2-1-3-11(13)5-7-17(14)15(18)12-6-8-19-10-12/h1-4,6,8,10,14H,5,7,9,16H2. The van der Waals surface area contributed by atoms with Gasteiger partial charge in [0.05, 0.1) is 11.6 Å². The van der Waals surface area contributed by atoms with E-state index in [0.29, 0.717) is 6.54 Å². The smallest absolute Gasteiger partial charge is 0.255 e. The van der Waals surface area contributed by atoms with Gasteiger partial charge in [0.25, 0.3) is 5.91 Å². The van der Waals surface area contributed by atoms with Crippen molar-refractivity contribution in [3.05, 3.63) is 57.8 Å². The number of amides is 1. The normalized spacial score (nSPS) is 18.2. The van der Waals surface area contributed by atoms with Crippen LogP contribution in [0.25, 0.3) is 0 Å². The molecule has 0 spiro atoms. The second kappa shape index (κ2) is 5.15. The first-order valence-electron chi connectivity index (χ1n) is 6.42. The zero-order valence-electron chi connectivity index (χ0n) is 10.6. The van der Waals surface area contributed by atoms with Crippen molar-refractivity contribution >= 4 is 17.2 Å². The van der Waals surface area contributed by atoms with Crippen molar-refractivity contribution in [1.29, 1.82) is 0 Å². The first-order chi connectivity index (χ1) is 9.31. The topological polar surface area (TPSA) is 46.3 Å². The number of thiophene rings is 1. The largest absolute Gasteiger partial charge is 0.330 e. The summed E-state index contributed by atoms with van der Waals surface area (Å²) in [5.74, 6) is 0.0891. The van der Waals surface area contributed by atoms with E-state index >= 15 is 0 Å². The maximum absolute atomic E-state index is 12.5. The fourth-order valence-corrected chi connectivity index (χ4v) is 3.33. The van der Waals surface area contributed by atoms with Crippen molar-refractivity contribution in [3.63, 3.8) is 0 Å². The van der Waals surface area contributed by atoms with Gasteiger partial charge in [-0.3, -0.25) is 4.79 Å². The Morgan fingerprint density at radius 2 is 2.21 bits per heavy atom. The van der Waals surface area contributed by atoms with Gasteiger partial charge < -0.3 is 10.6 Å². The molecule has 3 rings (SSSR count). The van der Waals surface area contributed by atoms with Crippen LogP contribution in [0.3, 0.4) is 0 Å². The Balaban J connectivity index is 1.94. The highest BCUT2D eigenvalue weighted by Gasteiger charge is 2.30. The number of carbonyl (C=O) groups is 1. The van der Waals surface area contributed by atoms with Crippen molar-refractivity contribution in [3.8, 4) is 0 Å². The summed E-state index contributed by atoms with van der Waals surface area (Å²) in [6.07, 6.45) is 0.905. The van der Waals surface area contributed by atoms with Gasteiger partial charge in [0.2, 0.25) is 0 Å². The maximum Gasteiger partial charge on any atom is 0.255 e. The third-order valence-corrected chi connectivity index (χ3v) is 4.35. The number of hydrogen-bond donors (Lipinski definition) is 1. The van der Waals surface area contributed by atoms with Gasteiger partial charge in [0.15, 0.2) is 0 Å². The maximum atomic E-state index is 12.5. The van der Waals surface area contributed by atoms with Gasteiger partial charge in [-0.25, -0.2) is 0 Å². The van der Waals surface area contributed by atoms with Crippen LogP contribution in [-0.4, -0.2) is 23.9 Å². The number of nitrogens with two attached hydrogens (primary N) is 1. The first kappa shape index (κ1) is 12.4. The van der Waals surface area contributed by atoms with E-state index in [1.807, 2.05) is 33.9 Å². The monoisotopic (exact) mass is 272 g/mol. The summed E-state index contributed by atoms with van der Waals surface area (Å²) in [7, 11) is 0. The molecule has 1 aromatic carbocycles. The summed E-state index contributed by atoms with van der Waals surface area (Å²) in [5.41, 5.74) is 9.18. The van der Waals surface area contributed by atoms with Gasteiger partial charge in [-0.15, -0.1) is 0 Å². The van der Waals surface area contributed by atoms with Gasteiger partial charge in [0, 0.05) is 18.5 Å². The summed E-state index contributed by atoms with van der Waals surface area (Å²) < 4.78 is 0. The van der Waals surface area contributed by atoms with Gasteiger partial charge in [-0.05, 0) is 29.0 Å². The van der Waals surface area contributed by atoms with Crippen LogP contribution in [0.4, 0.5) is 0 Å². The van der Waals surface area contributed by atoms with E-state index in [1.54, 1.807) is 11.3 Å². The molecule has 0 aliphatic carbocycles. The number of fused-ring (bicyclic) bond motifs is 1. The number of nitrogens with zero attached hydrogens (tertiary/aromatic N) is 1. The predicted octanol–water partition coefficient (Wildman–Crippen LogP) is 2.45. The first-order valence-corrected chi connectivity index (χ1v) is 7.36. The average Bonchev–Trinajstić information content (AvgIpc) is 2.99. The van der Waals surface area contributed by atoms with E-state index < -0.39 is 0 Å². The fraction of sp³-hybridized carbons (Fsp3) is 0.267. The fourth-order valence-electron chi connectivity index (χ4n) is 2.70. The van der Waals surface area contributed by atoms with Crippen LogP contribution in [0, 0.1) is 0 Å². The Kier molecular flexibility index (Phi) is 3.36. The zero-order valence-corrected chi connectivity index (χ0v) is 11.4. The van der Waals surface area contributed by atoms with E-state index in [2.05, 4.69) is 12.1 Å². The lowest BCUT2D eigenvalue weighted by atomic mass is 9.92. The second-order valence-electron chi connectivity index (χ2n) is 4.71. The van der Waals surface area contributed by atoms with Crippen molar-refractivity contribution < 1.29 is 4.79 Å². The Labute approximate surface area is 116 Å². The third-order valence-electron chi connectivity index (χ3n) is 3.66. The molecule has 0 saturated carbocycles. The highest BCUT2D eigenvalue weighted by atomic mass is 32.1. The van der Waals surface area contributed by atoms with Crippen LogP contribution >= 0.6 is 11.3 Å². The molecule has 1 aliphatic rings. The molecule has 4 heteroatoms. The third kappa shape index (κ3) is 2.17. The molecule has 1 unspecified atom stereocenters. The molecular weight excluding hydrogens is 256 g/mol. The number of hydrogen-bond acceptors (Lipinski definition) is 3. The summed E-state index contributed by atoms with van der Waals surface area (Å²) in [4.78, 5) is 14.4. The summed E-state index contributed by atoms with van der Waals surface area (Å²) in [6, 6.07) is 10.1. The molecule has 98 valence electrons. The molecule has 0 bridgehead atoms. The number of rotatable bonds is 2. The lowest BCUT2D eigenvalue weighted by Crippen LogP contribution is -2.43. The second-order valence-corrected chi connectivity index (χ2v) is 5.49. The number of benzene rings is 1. The molecule has 1 aliphatic heterocycles. The molecule has 1 amide bonds. The molecule has 0 radical (unpaired) electrons. The average molecular weight is 272 g/mol. The van der Waals surface area contributed by atoms with Crippen LogP contribution in [-0.2, 0) is 6.42 Å². The van der Waals surface area contributed by atoms with Crippen molar-refractivity contribution in [2.75, 3.05) is 13.1 Å². The highest BCUT2D eigenvalue weighted by Crippen LogP contribution is 2.30. The molecule has 2 aromatic rings. The van der Waals surface area contributed by atoms with Crippen LogP contribution < -0.4 is 5.73 Å². The minimum absolute atomic E-state index is 0.00245. The lowest BCUT2D eigenvalue weighted by Gasteiger charge is -2.36. The molecule has 3 nitrogen and oxygen atoms in total. The minimum atomic E-state index is -0.00245. The van der Waals surface area contributed by atoms with E-state index in [9.17, 15) is 4.79 Å². The molecule has 2 heterocycles. The minimum Gasteiger partial charge on any atom is -0.330 e. The number of carbonyl (C=O) groups excluding carboxylic acids is 1. The Morgan fingerprint density at radius 3 is 2.95 bits per heavy atom. The summed E-state index contributed by atoms with van der Waals surface area (Å²) in [6.45, 7) is 1.21. The van der Waals surface area contributed by atoms with Crippen molar-refractivity contribution in [2.24, 2.45) is 5.73 Å². The summed E-state index contributed by atoms with van der Waals surface area (Å²) >= 11 is 1.55. The van der Waals surface area contributed by atoms with Gasteiger partial charge in [-0.1, -0.05) is 24.3 Å². The Morgan fingerprint density at radius 1 is 1.37 bits per heavy atom. The van der Waals surface area contributed by atoms with Crippen LogP contribution in [0.15, 0.2) is 41.1 Å². The van der Waals surface area contributed by atoms with Crippen molar-refractivity contribution in [1.82, 2.24) is 4.90 Å². The molecule has 1 aromatic heterocycles. The molecule has 0 saturated heterocycles. The van der Waals surface area contributed by atoms with E-state index in [1.165, 1.54) is 11.1 Å². The zero-order chi connectivity index (χ0) is 13.2. The molecule has 2 N–H and O–H groups in total. The Bertz CT molecular complexity index is 580. The lowest BCUT2D eigenvalue weighted by molar-refractivity contribution is 0.0668. The van der Waals surface area contributed by atoms with Gasteiger partial charge >= 0.3 is 0 Å². The molecule has 1 atom stereocenters. The van der Waals surface area contributed by atoms with Crippen LogP contribution in [0.5, 0.6) is 0 Å². The SMILES string of the molecule is NCC1c2ccccc2CCN1C(=O)c1ccsc1. The predicted molar refractivity (Wildman–Crippen MR) is 77.3 cm³/mol. The van der Waals surface area contributed by atoms with E-state index in [-0.39, 0.29) is 11.9 Å².